The lowest BCUT2D eigenvalue weighted by atomic mass is 9.91. The molecule has 4 heteroatoms. The second-order valence-electron chi connectivity index (χ2n) is 4.56. The minimum Gasteiger partial charge on any atom is -0.380 e. The van der Waals surface area contributed by atoms with Gasteiger partial charge in [-0.2, -0.15) is 0 Å². The molecule has 2 aromatic rings. The first-order valence-corrected chi connectivity index (χ1v) is 6.45. The molecule has 1 aromatic carbocycles. The van der Waals surface area contributed by atoms with Crippen molar-refractivity contribution in [2.75, 3.05) is 0 Å². The van der Waals surface area contributed by atoms with Gasteiger partial charge in [0.2, 0.25) is 0 Å². The zero-order valence-electron chi connectivity index (χ0n) is 10.4. The van der Waals surface area contributed by atoms with Gasteiger partial charge in [0.25, 0.3) is 0 Å². The Morgan fingerprint density at radius 1 is 1.06 bits per heavy atom. The maximum Gasteiger partial charge on any atom is 0.165 e. The van der Waals surface area contributed by atoms with E-state index in [9.17, 15) is 13.9 Å². The normalized spacial score (nSPS) is 14.6. The first-order chi connectivity index (χ1) is 8.35. The molecule has 2 rings (SSSR count). The number of hydrogen-bond acceptors (Lipinski definition) is 2. The maximum absolute atomic E-state index is 14.0. The topological polar surface area (TPSA) is 20.2 Å². The van der Waals surface area contributed by atoms with E-state index >= 15 is 0 Å². The zero-order chi connectivity index (χ0) is 13.5. The van der Waals surface area contributed by atoms with E-state index in [2.05, 4.69) is 0 Å². The predicted octanol–water partition coefficient (Wildman–Crippen LogP) is 3.90. The maximum atomic E-state index is 14.0. The number of aliphatic hydroxyl groups is 1. The van der Waals surface area contributed by atoms with E-state index in [4.69, 9.17) is 0 Å². The standard InChI is InChI=1S/C14H14F2OS/c1-8-4-5-10(12(16)11(8)15)14(3,17)13-9(2)6-7-18-13/h4-7,17H,1-3H3. The van der Waals surface area contributed by atoms with Gasteiger partial charge in [-0.25, -0.2) is 8.78 Å². The molecule has 1 N–H and O–H groups in total. The van der Waals surface area contributed by atoms with Crippen LogP contribution in [-0.4, -0.2) is 5.11 Å². The summed E-state index contributed by atoms with van der Waals surface area (Å²) >= 11 is 1.33. The van der Waals surface area contributed by atoms with Crippen LogP contribution in [0.25, 0.3) is 0 Å². The third-order valence-electron chi connectivity index (χ3n) is 3.10. The van der Waals surface area contributed by atoms with Crippen LogP contribution in [0.2, 0.25) is 0 Å². The lowest BCUT2D eigenvalue weighted by Crippen LogP contribution is -2.24. The third-order valence-corrected chi connectivity index (χ3v) is 4.33. The van der Waals surface area contributed by atoms with E-state index in [1.165, 1.54) is 37.3 Å². The first kappa shape index (κ1) is 13.2. The van der Waals surface area contributed by atoms with Crippen LogP contribution >= 0.6 is 11.3 Å². The fraction of sp³-hybridized carbons (Fsp3) is 0.286. The summed E-state index contributed by atoms with van der Waals surface area (Å²) in [6, 6.07) is 4.76. The van der Waals surface area contributed by atoms with Crippen LogP contribution in [0.1, 0.15) is 28.5 Å². The molecule has 0 spiro atoms. The molecule has 0 aliphatic carbocycles. The molecule has 0 bridgehead atoms. The van der Waals surface area contributed by atoms with Crippen molar-refractivity contribution >= 4 is 11.3 Å². The number of hydrogen-bond donors (Lipinski definition) is 1. The first-order valence-electron chi connectivity index (χ1n) is 5.57. The second-order valence-corrected chi connectivity index (χ2v) is 5.48. The van der Waals surface area contributed by atoms with Crippen molar-refractivity contribution in [3.8, 4) is 0 Å². The average molecular weight is 268 g/mol. The third kappa shape index (κ3) is 1.95. The summed E-state index contributed by atoms with van der Waals surface area (Å²) < 4.78 is 27.5. The summed E-state index contributed by atoms with van der Waals surface area (Å²) in [6.45, 7) is 4.81. The van der Waals surface area contributed by atoms with Crippen LogP contribution in [0, 0.1) is 25.5 Å². The molecule has 0 fully saturated rings. The molecular formula is C14H14F2OS. The smallest absolute Gasteiger partial charge is 0.165 e. The van der Waals surface area contributed by atoms with Crippen LogP contribution in [0.4, 0.5) is 8.78 Å². The van der Waals surface area contributed by atoms with Crippen LogP contribution < -0.4 is 0 Å². The van der Waals surface area contributed by atoms with Crippen molar-refractivity contribution in [3.63, 3.8) is 0 Å². The molecule has 96 valence electrons. The monoisotopic (exact) mass is 268 g/mol. The van der Waals surface area contributed by atoms with E-state index in [0.29, 0.717) is 4.88 Å². The van der Waals surface area contributed by atoms with Gasteiger partial charge in [0, 0.05) is 10.4 Å². The quantitative estimate of drug-likeness (QED) is 0.875. The van der Waals surface area contributed by atoms with Crippen LogP contribution in [0.15, 0.2) is 23.6 Å². The Labute approximate surface area is 109 Å². The molecule has 0 aliphatic rings. The van der Waals surface area contributed by atoms with Crippen LogP contribution in [-0.2, 0) is 5.60 Å². The zero-order valence-corrected chi connectivity index (χ0v) is 11.2. The van der Waals surface area contributed by atoms with E-state index in [-0.39, 0.29) is 11.1 Å². The highest BCUT2D eigenvalue weighted by Gasteiger charge is 2.32. The Kier molecular flexibility index (Phi) is 3.25. The van der Waals surface area contributed by atoms with E-state index in [1.807, 2.05) is 18.4 Å². The Morgan fingerprint density at radius 3 is 2.28 bits per heavy atom. The van der Waals surface area contributed by atoms with Gasteiger partial charge >= 0.3 is 0 Å². The van der Waals surface area contributed by atoms with Gasteiger partial charge in [0.05, 0.1) is 0 Å². The number of thiophene rings is 1. The minimum absolute atomic E-state index is 0.0313. The van der Waals surface area contributed by atoms with Gasteiger partial charge in [0.1, 0.15) is 5.60 Å². The molecule has 1 heterocycles. The molecule has 18 heavy (non-hydrogen) atoms. The highest BCUT2D eigenvalue weighted by atomic mass is 32.1. The second kappa shape index (κ2) is 4.44. The molecule has 0 amide bonds. The van der Waals surface area contributed by atoms with Gasteiger partial charge in [-0.05, 0) is 43.3 Å². The highest BCUT2D eigenvalue weighted by molar-refractivity contribution is 7.10. The molecule has 1 nitrogen and oxygen atoms in total. The number of halogens is 2. The number of aryl methyl sites for hydroxylation is 2. The lowest BCUT2D eigenvalue weighted by molar-refractivity contribution is 0.100. The van der Waals surface area contributed by atoms with E-state index in [0.717, 1.165) is 5.56 Å². The Balaban J connectivity index is 2.62. The van der Waals surface area contributed by atoms with Crippen molar-refractivity contribution in [3.05, 3.63) is 56.8 Å². The fourth-order valence-corrected chi connectivity index (χ4v) is 3.02. The molecular weight excluding hydrogens is 254 g/mol. The summed E-state index contributed by atoms with van der Waals surface area (Å²) in [5.41, 5.74) is -0.451. The summed E-state index contributed by atoms with van der Waals surface area (Å²) in [5.74, 6) is -1.88. The molecule has 0 aliphatic heterocycles. The van der Waals surface area contributed by atoms with Crippen LogP contribution in [0.5, 0.6) is 0 Å². The Hall–Kier alpha value is -1.26. The van der Waals surface area contributed by atoms with Crippen molar-refractivity contribution in [1.29, 1.82) is 0 Å². The lowest BCUT2D eigenvalue weighted by Gasteiger charge is -2.24. The number of rotatable bonds is 2. The fourth-order valence-electron chi connectivity index (χ4n) is 2.02. The molecule has 1 atom stereocenters. The molecule has 0 saturated heterocycles. The van der Waals surface area contributed by atoms with E-state index in [1.54, 1.807) is 0 Å². The van der Waals surface area contributed by atoms with Crippen LogP contribution in [0.3, 0.4) is 0 Å². The van der Waals surface area contributed by atoms with Crippen molar-refractivity contribution in [1.82, 2.24) is 0 Å². The molecule has 0 radical (unpaired) electrons. The summed E-state index contributed by atoms with van der Waals surface area (Å²) in [5, 5.41) is 12.3. The summed E-state index contributed by atoms with van der Waals surface area (Å²) in [7, 11) is 0. The predicted molar refractivity (Wildman–Crippen MR) is 68.8 cm³/mol. The van der Waals surface area contributed by atoms with Gasteiger partial charge < -0.3 is 5.11 Å². The van der Waals surface area contributed by atoms with Gasteiger partial charge in [-0.15, -0.1) is 11.3 Å². The Bertz CT molecular complexity index is 587. The van der Waals surface area contributed by atoms with Crippen molar-refractivity contribution in [2.45, 2.75) is 26.4 Å². The highest BCUT2D eigenvalue weighted by Crippen LogP contribution is 2.37. The summed E-state index contributed by atoms with van der Waals surface area (Å²) in [6.07, 6.45) is 0. The largest absolute Gasteiger partial charge is 0.380 e. The van der Waals surface area contributed by atoms with Gasteiger partial charge in [-0.1, -0.05) is 12.1 Å². The summed E-state index contributed by atoms with van der Waals surface area (Å²) in [4.78, 5) is 0.629. The van der Waals surface area contributed by atoms with E-state index < -0.39 is 17.2 Å². The minimum atomic E-state index is -1.52. The number of benzene rings is 1. The Morgan fingerprint density at radius 2 is 1.72 bits per heavy atom. The molecule has 0 saturated carbocycles. The average Bonchev–Trinajstić information content (AvgIpc) is 2.73. The van der Waals surface area contributed by atoms with Gasteiger partial charge in [0.15, 0.2) is 11.6 Å². The van der Waals surface area contributed by atoms with Crippen molar-refractivity contribution in [2.24, 2.45) is 0 Å². The SMILES string of the molecule is Cc1ccsc1C(C)(O)c1ccc(C)c(F)c1F. The van der Waals surface area contributed by atoms with Crippen molar-refractivity contribution < 1.29 is 13.9 Å². The van der Waals surface area contributed by atoms with Gasteiger partial charge in [-0.3, -0.25) is 0 Å². The molecule has 1 aromatic heterocycles. The molecule has 1 unspecified atom stereocenters.